The van der Waals surface area contributed by atoms with Crippen LogP contribution in [0.1, 0.15) is 24.8 Å². The number of hydrogen-bond donors (Lipinski definition) is 3. The highest BCUT2D eigenvalue weighted by molar-refractivity contribution is 5.79. The van der Waals surface area contributed by atoms with Gasteiger partial charge in [0.05, 0.1) is 17.7 Å². The second-order valence-electron chi connectivity index (χ2n) is 7.17. The fraction of sp³-hybridized carbons (Fsp3) is 0.444. The Morgan fingerprint density at radius 1 is 1.28 bits per heavy atom. The summed E-state index contributed by atoms with van der Waals surface area (Å²) < 4.78 is 3.06. The van der Waals surface area contributed by atoms with Crippen LogP contribution in [0.25, 0.3) is 5.52 Å². The number of pyridine rings is 1. The highest BCUT2D eigenvalue weighted by Gasteiger charge is 2.33. The third kappa shape index (κ3) is 4.40. The molecule has 4 rings (SSSR count). The monoisotopic (exact) mass is 398 g/mol. The minimum atomic E-state index is -0.683. The standard InChI is InChI=1S/C18H22N8O3/c27-16-4-3-12(8-14(16)22-17(28)10-25-11-20-23-24-25)18(29)19-9-13-2-1-7-26-15(13)5-6-21-26/h1-2,5-7,11-12,14,16,27H,3-4,8-10H2,(H,19,29)(H,22,28)/t12-,14+,16+/m0/s1. The fourth-order valence-electron chi connectivity index (χ4n) is 3.69. The maximum absolute atomic E-state index is 12.7. The number of rotatable bonds is 6. The van der Waals surface area contributed by atoms with E-state index in [0.717, 1.165) is 11.1 Å². The van der Waals surface area contributed by atoms with Gasteiger partial charge in [-0.25, -0.2) is 9.20 Å². The molecule has 3 N–H and O–H groups in total. The van der Waals surface area contributed by atoms with Gasteiger partial charge in [-0.15, -0.1) is 5.10 Å². The van der Waals surface area contributed by atoms with Gasteiger partial charge in [0.15, 0.2) is 0 Å². The van der Waals surface area contributed by atoms with Crippen LogP contribution in [0.4, 0.5) is 0 Å². The van der Waals surface area contributed by atoms with Gasteiger partial charge in [0, 0.05) is 24.9 Å². The molecule has 3 atom stereocenters. The molecule has 3 aromatic rings. The van der Waals surface area contributed by atoms with E-state index in [1.165, 1.54) is 11.0 Å². The minimum Gasteiger partial charge on any atom is -0.391 e. The number of hydrogen-bond acceptors (Lipinski definition) is 7. The number of aliphatic hydroxyl groups excluding tert-OH is 1. The van der Waals surface area contributed by atoms with Crippen LogP contribution in [0.5, 0.6) is 0 Å². The van der Waals surface area contributed by atoms with Crippen LogP contribution in [0.3, 0.4) is 0 Å². The number of carbonyl (C=O) groups is 2. The van der Waals surface area contributed by atoms with Gasteiger partial charge in [-0.05, 0) is 47.4 Å². The van der Waals surface area contributed by atoms with Crippen molar-refractivity contribution in [1.82, 2.24) is 40.5 Å². The summed E-state index contributed by atoms with van der Waals surface area (Å²) in [5, 5.41) is 30.8. The first-order valence-electron chi connectivity index (χ1n) is 9.47. The van der Waals surface area contributed by atoms with Gasteiger partial charge >= 0.3 is 0 Å². The zero-order chi connectivity index (χ0) is 20.2. The van der Waals surface area contributed by atoms with Crippen LogP contribution >= 0.6 is 0 Å². The number of nitrogens with one attached hydrogen (secondary N) is 2. The Bertz CT molecular complexity index is 986. The lowest BCUT2D eigenvalue weighted by Gasteiger charge is -2.33. The van der Waals surface area contributed by atoms with Gasteiger partial charge in [-0.1, -0.05) is 6.07 Å². The molecule has 0 aliphatic heterocycles. The zero-order valence-corrected chi connectivity index (χ0v) is 15.7. The van der Waals surface area contributed by atoms with E-state index >= 15 is 0 Å². The molecule has 29 heavy (non-hydrogen) atoms. The number of amides is 2. The molecule has 0 saturated heterocycles. The van der Waals surface area contributed by atoms with E-state index in [-0.39, 0.29) is 24.3 Å². The predicted molar refractivity (Wildman–Crippen MR) is 100 cm³/mol. The molecule has 2 amide bonds. The Balaban J connectivity index is 1.32. The molecular weight excluding hydrogens is 376 g/mol. The lowest BCUT2D eigenvalue weighted by atomic mass is 9.83. The van der Waals surface area contributed by atoms with Crippen LogP contribution in [-0.4, -0.2) is 58.9 Å². The van der Waals surface area contributed by atoms with Gasteiger partial charge in [0.1, 0.15) is 12.9 Å². The molecule has 1 fully saturated rings. The van der Waals surface area contributed by atoms with Crippen LogP contribution in [0, 0.1) is 5.92 Å². The zero-order valence-electron chi connectivity index (χ0n) is 15.7. The molecule has 3 aromatic heterocycles. The van der Waals surface area contributed by atoms with Crippen molar-refractivity contribution in [3.05, 3.63) is 42.5 Å². The Morgan fingerprint density at radius 2 is 2.17 bits per heavy atom. The molecule has 11 heteroatoms. The van der Waals surface area contributed by atoms with E-state index < -0.39 is 12.1 Å². The molecule has 1 aliphatic carbocycles. The molecule has 11 nitrogen and oxygen atoms in total. The van der Waals surface area contributed by atoms with Crippen LogP contribution in [0.2, 0.25) is 0 Å². The van der Waals surface area contributed by atoms with Crippen molar-refractivity contribution >= 4 is 17.3 Å². The van der Waals surface area contributed by atoms with E-state index in [0.29, 0.717) is 25.8 Å². The quantitative estimate of drug-likeness (QED) is 0.498. The van der Waals surface area contributed by atoms with E-state index in [1.807, 2.05) is 24.4 Å². The van der Waals surface area contributed by atoms with Crippen molar-refractivity contribution in [2.24, 2.45) is 5.92 Å². The molecule has 3 heterocycles. The maximum Gasteiger partial charge on any atom is 0.242 e. The number of carbonyl (C=O) groups excluding carboxylic acids is 2. The van der Waals surface area contributed by atoms with Crippen molar-refractivity contribution < 1.29 is 14.7 Å². The average molecular weight is 398 g/mol. The average Bonchev–Trinajstić information content (AvgIpc) is 3.39. The van der Waals surface area contributed by atoms with Crippen LogP contribution < -0.4 is 10.6 Å². The summed E-state index contributed by atoms with van der Waals surface area (Å²) in [4.78, 5) is 24.8. The molecule has 0 bridgehead atoms. The highest BCUT2D eigenvalue weighted by Crippen LogP contribution is 2.25. The van der Waals surface area contributed by atoms with E-state index in [2.05, 4.69) is 31.3 Å². The summed E-state index contributed by atoms with van der Waals surface area (Å²) in [5.41, 5.74) is 1.92. The van der Waals surface area contributed by atoms with Crippen LogP contribution in [-0.2, 0) is 22.7 Å². The number of nitrogens with zero attached hydrogens (tertiary/aromatic N) is 6. The normalized spacial score (nSPS) is 21.8. The van der Waals surface area contributed by atoms with E-state index in [4.69, 9.17) is 0 Å². The third-order valence-electron chi connectivity index (χ3n) is 5.21. The lowest BCUT2D eigenvalue weighted by Crippen LogP contribution is -2.50. The summed E-state index contributed by atoms with van der Waals surface area (Å²) >= 11 is 0. The fourth-order valence-corrected chi connectivity index (χ4v) is 3.69. The largest absolute Gasteiger partial charge is 0.391 e. The summed E-state index contributed by atoms with van der Waals surface area (Å²) in [6, 6.07) is 5.24. The summed E-state index contributed by atoms with van der Waals surface area (Å²) in [6.07, 6.45) is 5.63. The number of fused-ring (bicyclic) bond motifs is 1. The molecule has 1 saturated carbocycles. The molecule has 0 radical (unpaired) electrons. The molecule has 0 spiro atoms. The summed E-state index contributed by atoms with van der Waals surface area (Å²) in [5.74, 6) is -0.672. The SMILES string of the molecule is O=C(Cn1cnnn1)N[C@@H]1C[C@@H](C(=O)NCc2cccn3nccc23)CC[C@H]1O. The highest BCUT2D eigenvalue weighted by atomic mass is 16.3. The number of aliphatic hydroxyl groups is 1. The molecule has 0 unspecified atom stereocenters. The molecule has 152 valence electrons. The first-order chi connectivity index (χ1) is 14.1. The number of tetrazole rings is 1. The van der Waals surface area contributed by atoms with Gasteiger partial charge in [0.2, 0.25) is 11.8 Å². The Hall–Kier alpha value is -3.34. The first kappa shape index (κ1) is 19.0. The van der Waals surface area contributed by atoms with Crippen molar-refractivity contribution in [3.8, 4) is 0 Å². The van der Waals surface area contributed by atoms with Crippen molar-refractivity contribution in [2.75, 3.05) is 0 Å². The van der Waals surface area contributed by atoms with Crippen LogP contribution in [0.15, 0.2) is 36.9 Å². The van der Waals surface area contributed by atoms with Crippen molar-refractivity contribution in [3.63, 3.8) is 0 Å². The predicted octanol–water partition coefficient (Wildman–Crippen LogP) is -0.717. The van der Waals surface area contributed by atoms with E-state index in [9.17, 15) is 14.7 Å². The Morgan fingerprint density at radius 3 is 3.00 bits per heavy atom. The summed E-state index contributed by atoms with van der Waals surface area (Å²) in [6.45, 7) is 0.354. The number of aromatic nitrogens is 6. The second kappa shape index (κ2) is 8.35. The molecule has 0 aromatic carbocycles. The smallest absolute Gasteiger partial charge is 0.242 e. The second-order valence-corrected chi connectivity index (χ2v) is 7.17. The topological polar surface area (TPSA) is 139 Å². The van der Waals surface area contributed by atoms with Gasteiger partial charge in [0.25, 0.3) is 0 Å². The minimum absolute atomic E-state index is 0.0392. The Labute approximate surface area is 166 Å². The third-order valence-corrected chi connectivity index (χ3v) is 5.21. The van der Waals surface area contributed by atoms with Crippen molar-refractivity contribution in [2.45, 2.75) is 44.5 Å². The molecule has 1 aliphatic rings. The van der Waals surface area contributed by atoms with Gasteiger partial charge in [-0.2, -0.15) is 5.10 Å². The summed E-state index contributed by atoms with van der Waals surface area (Å²) in [7, 11) is 0. The Kier molecular flexibility index (Phi) is 5.47. The van der Waals surface area contributed by atoms with Gasteiger partial charge < -0.3 is 15.7 Å². The van der Waals surface area contributed by atoms with Crippen molar-refractivity contribution in [1.29, 1.82) is 0 Å². The maximum atomic E-state index is 12.7. The molecular formula is C18H22N8O3. The first-order valence-corrected chi connectivity index (χ1v) is 9.47. The lowest BCUT2D eigenvalue weighted by molar-refractivity contribution is -0.129. The van der Waals surface area contributed by atoms with E-state index in [1.54, 1.807) is 10.7 Å². The van der Waals surface area contributed by atoms with Gasteiger partial charge in [-0.3, -0.25) is 9.59 Å².